The highest BCUT2D eigenvalue weighted by Gasteiger charge is 2.08. The summed E-state index contributed by atoms with van der Waals surface area (Å²) in [5, 5.41) is 0. The Kier molecular flexibility index (Phi) is 5.79. The van der Waals surface area contributed by atoms with Gasteiger partial charge in [-0.3, -0.25) is 0 Å². The van der Waals surface area contributed by atoms with Crippen LogP contribution in [0.1, 0.15) is 28.7 Å². The molecular formula is C23H23F. The molecule has 3 aromatic rings. The van der Waals surface area contributed by atoms with Gasteiger partial charge in [0.2, 0.25) is 0 Å². The lowest BCUT2D eigenvalue weighted by Gasteiger charge is -2.11. The molecular weight excluding hydrogens is 295 g/mol. The number of rotatable bonds is 7. The van der Waals surface area contributed by atoms with Crippen molar-refractivity contribution in [3.8, 4) is 0 Å². The molecule has 0 aliphatic heterocycles. The molecule has 0 amide bonds. The third-order valence-corrected chi connectivity index (χ3v) is 4.48. The molecule has 0 aliphatic carbocycles. The van der Waals surface area contributed by atoms with E-state index in [0.717, 1.165) is 43.2 Å². The van der Waals surface area contributed by atoms with E-state index in [2.05, 4.69) is 42.5 Å². The van der Waals surface area contributed by atoms with Gasteiger partial charge in [-0.2, -0.15) is 0 Å². The summed E-state index contributed by atoms with van der Waals surface area (Å²) in [6.07, 6.45) is 4.66. The van der Waals surface area contributed by atoms with Crippen molar-refractivity contribution >= 4 is 0 Å². The lowest BCUT2D eigenvalue weighted by atomic mass is 9.95. The summed E-state index contributed by atoms with van der Waals surface area (Å²) in [5.74, 6) is -0.0665. The molecule has 0 spiro atoms. The van der Waals surface area contributed by atoms with E-state index in [0.29, 0.717) is 0 Å². The van der Waals surface area contributed by atoms with Crippen LogP contribution in [0.4, 0.5) is 4.39 Å². The van der Waals surface area contributed by atoms with Crippen LogP contribution in [-0.4, -0.2) is 0 Å². The van der Waals surface area contributed by atoms with Crippen LogP contribution in [0.2, 0.25) is 0 Å². The number of hydrogen-bond acceptors (Lipinski definition) is 0. The third-order valence-electron chi connectivity index (χ3n) is 4.48. The maximum absolute atomic E-state index is 14.3. The fraction of sp³-hybridized carbons (Fsp3) is 0.217. The maximum Gasteiger partial charge on any atom is 0.126 e. The smallest absolute Gasteiger partial charge is 0.126 e. The van der Waals surface area contributed by atoms with Crippen LogP contribution in [0.5, 0.6) is 0 Å². The van der Waals surface area contributed by atoms with E-state index >= 15 is 0 Å². The van der Waals surface area contributed by atoms with Crippen molar-refractivity contribution in [1.29, 1.82) is 0 Å². The Morgan fingerprint density at radius 1 is 0.542 bits per heavy atom. The van der Waals surface area contributed by atoms with Gasteiger partial charge in [-0.1, -0.05) is 72.8 Å². The highest BCUT2D eigenvalue weighted by molar-refractivity contribution is 5.30. The van der Waals surface area contributed by atoms with E-state index in [1.165, 1.54) is 11.1 Å². The maximum atomic E-state index is 14.3. The molecule has 3 rings (SSSR count). The normalized spacial score (nSPS) is 10.7. The predicted octanol–water partition coefficient (Wildman–Crippen LogP) is 5.79. The molecule has 0 aromatic heterocycles. The molecule has 0 aliphatic rings. The SMILES string of the molecule is Fc1cccc(CCCc2ccccc2)c1CCc1ccccc1. The van der Waals surface area contributed by atoms with Gasteiger partial charge in [-0.05, 0) is 60.4 Å². The van der Waals surface area contributed by atoms with E-state index in [-0.39, 0.29) is 5.82 Å². The summed E-state index contributed by atoms with van der Waals surface area (Å²) < 4.78 is 14.3. The highest BCUT2D eigenvalue weighted by atomic mass is 19.1. The Labute approximate surface area is 144 Å². The van der Waals surface area contributed by atoms with Gasteiger partial charge >= 0.3 is 0 Å². The zero-order chi connectivity index (χ0) is 16.6. The average Bonchev–Trinajstić information content (AvgIpc) is 2.63. The summed E-state index contributed by atoms with van der Waals surface area (Å²) in [7, 11) is 0. The van der Waals surface area contributed by atoms with Crippen LogP contribution in [0.3, 0.4) is 0 Å². The van der Waals surface area contributed by atoms with E-state index < -0.39 is 0 Å². The minimum atomic E-state index is -0.0665. The topological polar surface area (TPSA) is 0 Å². The van der Waals surface area contributed by atoms with Gasteiger partial charge in [0.05, 0.1) is 0 Å². The van der Waals surface area contributed by atoms with Gasteiger partial charge in [0.1, 0.15) is 5.82 Å². The third kappa shape index (κ3) is 4.55. The lowest BCUT2D eigenvalue weighted by Crippen LogP contribution is -2.02. The molecule has 0 bridgehead atoms. The largest absolute Gasteiger partial charge is 0.207 e. The first kappa shape index (κ1) is 16.4. The number of hydrogen-bond donors (Lipinski definition) is 0. The Balaban J connectivity index is 1.63. The van der Waals surface area contributed by atoms with Gasteiger partial charge in [0.25, 0.3) is 0 Å². The van der Waals surface area contributed by atoms with Gasteiger partial charge in [0, 0.05) is 0 Å². The molecule has 0 saturated carbocycles. The molecule has 0 heterocycles. The Bertz CT molecular complexity index is 748. The van der Waals surface area contributed by atoms with Crippen molar-refractivity contribution in [3.63, 3.8) is 0 Å². The van der Waals surface area contributed by atoms with Crippen LogP contribution in [0.25, 0.3) is 0 Å². The summed E-state index contributed by atoms with van der Waals surface area (Å²) in [6, 6.07) is 26.3. The molecule has 24 heavy (non-hydrogen) atoms. The van der Waals surface area contributed by atoms with Crippen molar-refractivity contribution < 1.29 is 4.39 Å². The van der Waals surface area contributed by atoms with E-state index in [1.54, 1.807) is 6.07 Å². The molecule has 122 valence electrons. The molecule has 0 N–H and O–H groups in total. The monoisotopic (exact) mass is 318 g/mol. The van der Waals surface area contributed by atoms with Crippen molar-refractivity contribution in [1.82, 2.24) is 0 Å². The van der Waals surface area contributed by atoms with E-state index in [1.807, 2.05) is 30.3 Å². The van der Waals surface area contributed by atoms with Gasteiger partial charge < -0.3 is 0 Å². The summed E-state index contributed by atoms with van der Waals surface area (Å²) in [4.78, 5) is 0. The van der Waals surface area contributed by atoms with E-state index in [9.17, 15) is 4.39 Å². The van der Waals surface area contributed by atoms with Crippen LogP contribution in [0, 0.1) is 5.82 Å². The Morgan fingerprint density at radius 2 is 1.17 bits per heavy atom. The van der Waals surface area contributed by atoms with Crippen molar-refractivity contribution in [3.05, 3.63) is 107 Å². The zero-order valence-electron chi connectivity index (χ0n) is 13.9. The first-order chi connectivity index (χ1) is 11.8. The second kappa shape index (κ2) is 8.44. The lowest BCUT2D eigenvalue weighted by molar-refractivity contribution is 0.603. The van der Waals surface area contributed by atoms with Gasteiger partial charge in [-0.25, -0.2) is 4.39 Å². The van der Waals surface area contributed by atoms with Crippen LogP contribution in [-0.2, 0) is 25.7 Å². The van der Waals surface area contributed by atoms with Crippen LogP contribution < -0.4 is 0 Å². The number of halogens is 1. The fourth-order valence-corrected chi connectivity index (χ4v) is 3.16. The number of aryl methyl sites for hydroxylation is 3. The Hall–Kier alpha value is -2.41. The van der Waals surface area contributed by atoms with Gasteiger partial charge in [-0.15, -0.1) is 0 Å². The highest BCUT2D eigenvalue weighted by Crippen LogP contribution is 2.19. The molecule has 0 atom stereocenters. The first-order valence-electron chi connectivity index (χ1n) is 8.67. The minimum Gasteiger partial charge on any atom is -0.207 e. The standard InChI is InChI=1S/C23H23F/c24-23-16-8-15-21(14-7-13-19-9-3-1-4-10-19)22(23)18-17-20-11-5-2-6-12-20/h1-6,8-12,15-16H,7,13-14,17-18H2. The van der Waals surface area contributed by atoms with Crippen molar-refractivity contribution in [2.24, 2.45) is 0 Å². The Morgan fingerprint density at radius 3 is 1.83 bits per heavy atom. The molecule has 1 heteroatoms. The second-order valence-corrected chi connectivity index (χ2v) is 6.20. The average molecular weight is 318 g/mol. The zero-order valence-corrected chi connectivity index (χ0v) is 13.9. The second-order valence-electron chi connectivity index (χ2n) is 6.20. The van der Waals surface area contributed by atoms with Crippen LogP contribution in [0.15, 0.2) is 78.9 Å². The molecule has 0 fully saturated rings. The predicted molar refractivity (Wildman–Crippen MR) is 98.7 cm³/mol. The van der Waals surface area contributed by atoms with E-state index in [4.69, 9.17) is 0 Å². The van der Waals surface area contributed by atoms with Gasteiger partial charge in [0.15, 0.2) is 0 Å². The van der Waals surface area contributed by atoms with Crippen LogP contribution >= 0.6 is 0 Å². The minimum absolute atomic E-state index is 0.0665. The molecule has 0 nitrogen and oxygen atoms in total. The summed E-state index contributed by atoms with van der Waals surface area (Å²) in [5.41, 5.74) is 4.65. The fourth-order valence-electron chi connectivity index (χ4n) is 3.16. The first-order valence-corrected chi connectivity index (χ1v) is 8.67. The van der Waals surface area contributed by atoms with Crippen molar-refractivity contribution in [2.75, 3.05) is 0 Å². The quantitative estimate of drug-likeness (QED) is 0.517. The summed E-state index contributed by atoms with van der Waals surface area (Å²) >= 11 is 0. The number of benzene rings is 3. The molecule has 0 unspecified atom stereocenters. The molecule has 0 saturated heterocycles. The summed E-state index contributed by atoms with van der Waals surface area (Å²) in [6.45, 7) is 0. The molecule has 0 radical (unpaired) electrons. The molecule has 3 aromatic carbocycles. The van der Waals surface area contributed by atoms with Crippen molar-refractivity contribution in [2.45, 2.75) is 32.1 Å².